The highest BCUT2D eigenvalue weighted by molar-refractivity contribution is 6.31. The molecule has 0 atom stereocenters. The SMILES string of the molecule is CCCc1c(N)noc1-c1cccc(Cl)c1F. The van der Waals surface area contributed by atoms with Crippen molar-refractivity contribution < 1.29 is 8.91 Å². The second-order valence-corrected chi connectivity index (χ2v) is 4.13. The fourth-order valence-electron chi connectivity index (χ4n) is 1.70. The number of nitrogen functional groups attached to an aromatic ring is 1. The third-order valence-electron chi connectivity index (χ3n) is 2.51. The van der Waals surface area contributed by atoms with Gasteiger partial charge in [-0.05, 0) is 18.6 Å². The summed E-state index contributed by atoms with van der Waals surface area (Å²) in [5.41, 5.74) is 6.72. The second kappa shape index (κ2) is 4.75. The lowest BCUT2D eigenvalue weighted by atomic mass is 10.0. The minimum Gasteiger partial charge on any atom is -0.381 e. The van der Waals surface area contributed by atoms with Gasteiger partial charge in [0.15, 0.2) is 17.4 Å². The Balaban J connectivity index is 2.56. The van der Waals surface area contributed by atoms with Crippen LogP contribution in [0.25, 0.3) is 11.3 Å². The summed E-state index contributed by atoms with van der Waals surface area (Å²) in [6.45, 7) is 2.00. The average molecular weight is 255 g/mol. The van der Waals surface area contributed by atoms with E-state index in [4.69, 9.17) is 21.9 Å². The zero-order valence-electron chi connectivity index (χ0n) is 9.34. The standard InChI is InChI=1S/C12H12ClFN2O/c1-2-4-8-11(17-16-12(8)15)7-5-3-6-9(13)10(7)14/h3,5-6H,2,4H2,1H3,(H2,15,16). The monoisotopic (exact) mass is 254 g/mol. The summed E-state index contributed by atoms with van der Waals surface area (Å²) in [4.78, 5) is 0. The van der Waals surface area contributed by atoms with Crippen LogP contribution in [0, 0.1) is 5.82 Å². The molecule has 2 rings (SSSR count). The maximum atomic E-state index is 13.9. The number of nitrogens with zero attached hydrogens (tertiary/aromatic N) is 1. The lowest BCUT2D eigenvalue weighted by Crippen LogP contribution is -1.94. The molecule has 0 radical (unpaired) electrons. The molecule has 1 aromatic carbocycles. The average Bonchev–Trinajstić information content (AvgIpc) is 2.66. The Morgan fingerprint density at radius 1 is 1.47 bits per heavy atom. The second-order valence-electron chi connectivity index (χ2n) is 3.73. The molecule has 0 bridgehead atoms. The topological polar surface area (TPSA) is 52.0 Å². The lowest BCUT2D eigenvalue weighted by Gasteiger charge is -2.03. The Morgan fingerprint density at radius 2 is 2.24 bits per heavy atom. The summed E-state index contributed by atoms with van der Waals surface area (Å²) >= 11 is 5.73. The summed E-state index contributed by atoms with van der Waals surface area (Å²) in [5, 5.41) is 3.73. The van der Waals surface area contributed by atoms with Crippen molar-refractivity contribution in [2.75, 3.05) is 5.73 Å². The maximum absolute atomic E-state index is 13.9. The van der Waals surface area contributed by atoms with E-state index < -0.39 is 5.82 Å². The predicted molar refractivity (Wildman–Crippen MR) is 65.3 cm³/mol. The first-order valence-corrected chi connectivity index (χ1v) is 5.71. The van der Waals surface area contributed by atoms with Crippen LogP contribution in [-0.2, 0) is 6.42 Å². The smallest absolute Gasteiger partial charge is 0.175 e. The third kappa shape index (κ3) is 2.13. The van der Waals surface area contributed by atoms with Gasteiger partial charge in [0.1, 0.15) is 0 Å². The van der Waals surface area contributed by atoms with Gasteiger partial charge in [-0.25, -0.2) is 4.39 Å². The summed E-state index contributed by atoms with van der Waals surface area (Å²) in [7, 11) is 0. The van der Waals surface area contributed by atoms with Crippen molar-refractivity contribution in [3.63, 3.8) is 0 Å². The van der Waals surface area contributed by atoms with E-state index >= 15 is 0 Å². The largest absolute Gasteiger partial charge is 0.381 e. The van der Waals surface area contributed by atoms with Crippen LogP contribution in [-0.4, -0.2) is 5.16 Å². The summed E-state index contributed by atoms with van der Waals surface area (Å²) in [5.74, 6) is 0.160. The van der Waals surface area contributed by atoms with Crippen LogP contribution in [0.15, 0.2) is 22.7 Å². The van der Waals surface area contributed by atoms with Crippen LogP contribution >= 0.6 is 11.6 Å². The van der Waals surface area contributed by atoms with Crippen LogP contribution in [0.1, 0.15) is 18.9 Å². The fourth-order valence-corrected chi connectivity index (χ4v) is 1.88. The number of aromatic nitrogens is 1. The van der Waals surface area contributed by atoms with Crippen molar-refractivity contribution in [3.8, 4) is 11.3 Å². The molecule has 0 fully saturated rings. The minimum atomic E-state index is -0.511. The summed E-state index contributed by atoms with van der Waals surface area (Å²) in [6.07, 6.45) is 1.57. The molecule has 5 heteroatoms. The van der Waals surface area contributed by atoms with Gasteiger partial charge in [-0.15, -0.1) is 0 Å². The van der Waals surface area contributed by atoms with Gasteiger partial charge in [-0.1, -0.05) is 36.2 Å². The van der Waals surface area contributed by atoms with E-state index in [1.54, 1.807) is 12.1 Å². The molecule has 0 aliphatic carbocycles. The normalized spacial score (nSPS) is 10.8. The van der Waals surface area contributed by atoms with Crippen LogP contribution in [0.5, 0.6) is 0 Å². The zero-order valence-corrected chi connectivity index (χ0v) is 10.1. The van der Waals surface area contributed by atoms with Gasteiger partial charge in [-0.2, -0.15) is 0 Å². The molecule has 0 saturated carbocycles. The molecule has 0 saturated heterocycles. The van der Waals surface area contributed by atoms with E-state index in [-0.39, 0.29) is 5.02 Å². The molecule has 0 aliphatic heterocycles. The number of benzene rings is 1. The predicted octanol–water partition coefficient (Wildman–Crippen LogP) is 3.67. The van der Waals surface area contributed by atoms with E-state index in [0.29, 0.717) is 23.6 Å². The van der Waals surface area contributed by atoms with Crippen molar-refractivity contribution in [3.05, 3.63) is 34.6 Å². The molecule has 2 aromatic rings. The van der Waals surface area contributed by atoms with E-state index in [0.717, 1.165) is 12.0 Å². The van der Waals surface area contributed by atoms with E-state index in [2.05, 4.69) is 5.16 Å². The number of anilines is 1. The summed E-state index contributed by atoms with van der Waals surface area (Å²) in [6, 6.07) is 4.75. The molecule has 0 spiro atoms. The Labute approximate surface area is 103 Å². The van der Waals surface area contributed by atoms with Crippen LogP contribution in [0.3, 0.4) is 0 Å². The first-order chi connectivity index (χ1) is 8.15. The van der Waals surface area contributed by atoms with Gasteiger partial charge in [-0.3, -0.25) is 0 Å². The molecule has 1 heterocycles. The van der Waals surface area contributed by atoms with Gasteiger partial charge in [0.2, 0.25) is 0 Å². The fraction of sp³-hybridized carbons (Fsp3) is 0.250. The highest BCUT2D eigenvalue weighted by atomic mass is 35.5. The van der Waals surface area contributed by atoms with Gasteiger partial charge >= 0.3 is 0 Å². The quantitative estimate of drug-likeness (QED) is 0.909. The highest BCUT2D eigenvalue weighted by Gasteiger charge is 2.19. The van der Waals surface area contributed by atoms with Gasteiger partial charge < -0.3 is 10.3 Å². The molecular formula is C12H12ClFN2O. The zero-order chi connectivity index (χ0) is 12.4. The van der Waals surface area contributed by atoms with Gasteiger partial charge in [0.05, 0.1) is 10.6 Å². The lowest BCUT2D eigenvalue weighted by molar-refractivity contribution is 0.432. The van der Waals surface area contributed by atoms with E-state index in [1.807, 2.05) is 6.92 Å². The van der Waals surface area contributed by atoms with Crippen molar-refractivity contribution in [2.24, 2.45) is 0 Å². The molecule has 0 amide bonds. The van der Waals surface area contributed by atoms with Crippen molar-refractivity contribution in [2.45, 2.75) is 19.8 Å². The van der Waals surface area contributed by atoms with Crippen LogP contribution < -0.4 is 5.73 Å². The Morgan fingerprint density at radius 3 is 2.94 bits per heavy atom. The van der Waals surface area contributed by atoms with Crippen molar-refractivity contribution in [1.29, 1.82) is 0 Å². The van der Waals surface area contributed by atoms with Gasteiger partial charge in [0, 0.05) is 5.56 Å². The molecule has 17 heavy (non-hydrogen) atoms. The van der Waals surface area contributed by atoms with Gasteiger partial charge in [0.25, 0.3) is 0 Å². The minimum absolute atomic E-state index is 0.0555. The Bertz CT molecular complexity index is 539. The van der Waals surface area contributed by atoms with Crippen molar-refractivity contribution in [1.82, 2.24) is 5.16 Å². The Kier molecular flexibility index (Phi) is 3.33. The molecule has 0 unspecified atom stereocenters. The van der Waals surface area contributed by atoms with E-state index in [9.17, 15) is 4.39 Å². The first kappa shape index (κ1) is 11.9. The molecular weight excluding hydrogens is 243 g/mol. The van der Waals surface area contributed by atoms with Crippen molar-refractivity contribution >= 4 is 17.4 Å². The molecule has 3 nitrogen and oxygen atoms in total. The molecule has 1 aromatic heterocycles. The summed E-state index contributed by atoms with van der Waals surface area (Å²) < 4.78 is 19.0. The first-order valence-electron chi connectivity index (χ1n) is 5.33. The maximum Gasteiger partial charge on any atom is 0.175 e. The molecule has 90 valence electrons. The number of halogens is 2. The Hall–Kier alpha value is -1.55. The van der Waals surface area contributed by atoms with Crippen LogP contribution in [0.4, 0.5) is 10.2 Å². The third-order valence-corrected chi connectivity index (χ3v) is 2.81. The number of nitrogens with two attached hydrogens (primary N) is 1. The number of hydrogen-bond donors (Lipinski definition) is 1. The van der Waals surface area contributed by atoms with E-state index in [1.165, 1.54) is 6.07 Å². The number of rotatable bonds is 3. The number of hydrogen-bond acceptors (Lipinski definition) is 3. The highest BCUT2D eigenvalue weighted by Crippen LogP contribution is 2.33. The molecule has 0 aliphatic rings. The molecule has 2 N–H and O–H groups in total. The van der Waals surface area contributed by atoms with Crippen LogP contribution in [0.2, 0.25) is 5.02 Å².